The van der Waals surface area contributed by atoms with E-state index < -0.39 is 0 Å². The van der Waals surface area contributed by atoms with Gasteiger partial charge in [-0.2, -0.15) is 0 Å². The van der Waals surface area contributed by atoms with Crippen molar-refractivity contribution in [3.05, 3.63) is 65.9 Å². The van der Waals surface area contributed by atoms with Crippen molar-refractivity contribution in [2.45, 2.75) is 38.1 Å². The second-order valence-corrected chi connectivity index (χ2v) is 8.93. The SMILES string of the molecule is C[C@@H]1CC(=O)Nc2ccccc2N1C(=O)CN(C)C(=O)c1cc(C2CC2)nc2ccccc12. The highest BCUT2D eigenvalue weighted by atomic mass is 16.2. The molecule has 2 aromatic carbocycles. The minimum atomic E-state index is -0.326. The molecule has 0 spiro atoms. The summed E-state index contributed by atoms with van der Waals surface area (Å²) in [6.45, 7) is 1.75. The number of para-hydroxylation sites is 3. The molecule has 1 fully saturated rings. The van der Waals surface area contributed by atoms with Crippen molar-refractivity contribution in [1.82, 2.24) is 9.88 Å². The van der Waals surface area contributed by atoms with E-state index in [0.717, 1.165) is 29.4 Å². The average Bonchev–Trinajstić information content (AvgIpc) is 3.65. The minimum absolute atomic E-state index is 0.0961. The summed E-state index contributed by atoms with van der Waals surface area (Å²) in [4.78, 5) is 46.9. The Morgan fingerprint density at radius 2 is 1.85 bits per heavy atom. The first-order valence-corrected chi connectivity index (χ1v) is 11.3. The maximum Gasteiger partial charge on any atom is 0.254 e. The Kier molecular flexibility index (Phi) is 5.32. The number of fused-ring (bicyclic) bond motifs is 2. The van der Waals surface area contributed by atoms with Crippen molar-refractivity contribution in [3.63, 3.8) is 0 Å². The molecule has 3 aromatic rings. The van der Waals surface area contributed by atoms with Gasteiger partial charge in [0, 0.05) is 36.5 Å². The van der Waals surface area contributed by atoms with Gasteiger partial charge in [-0.1, -0.05) is 30.3 Å². The molecule has 0 unspecified atom stereocenters. The molecule has 0 radical (unpaired) electrons. The van der Waals surface area contributed by atoms with Crippen LogP contribution in [0.5, 0.6) is 0 Å². The van der Waals surface area contributed by atoms with E-state index in [4.69, 9.17) is 4.98 Å². The van der Waals surface area contributed by atoms with Crippen LogP contribution in [0.3, 0.4) is 0 Å². The number of pyridine rings is 1. The van der Waals surface area contributed by atoms with Crippen molar-refractivity contribution in [3.8, 4) is 0 Å². The summed E-state index contributed by atoms with van der Waals surface area (Å²) in [5.41, 5.74) is 3.55. The Balaban J connectivity index is 1.43. The summed E-state index contributed by atoms with van der Waals surface area (Å²) in [6.07, 6.45) is 2.37. The van der Waals surface area contributed by atoms with Crippen molar-refractivity contribution < 1.29 is 14.4 Å². The van der Waals surface area contributed by atoms with Gasteiger partial charge in [0.2, 0.25) is 11.8 Å². The first kappa shape index (κ1) is 21.1. The monoisotopic (exact) mass is 442 g/mol. The number of nitrogens with one attached hydrogen (secondary N) is 1. The Morgan fingerprint density at radius 3 is 2.64 bits per heavy atom. The quantitative estimate of drug-likeness (QED) is 0.663. The Morgan fingerprint density at radius 1 is 1.12 bits per heavy atom. The van der Waals surface area contributed by atoms with Gasteiger partial charge in [-0.25, -0.2) is 0 Å². The molecule has 2 heterocycles. The normalized spacial score (nSPS) is 17.8. The van der Waals surface area contributed by atoms with E-state index in [1.54, 1.807) is 18.0 Å². The minimum Gasteiger partial charge on any atom is -0.332 e. The van der Waals surface area contributed by atoms with Crippen LogP contribution in [-0.4, -0.2) is 47.2 Å². The second-order valence-electron chi connectivity index (χ2n) is 8.93. The number of hydrogen-bond donors (Lipinski definition) is 1. The molecule has 3 amide bonds. The zero-order chi connectivity index (χ0) is 23.1. The predicted octanol–water partition coefficient (Wildman–Crippen LogP) is 3.95. The average molecular weight is 443 g/mol. The number of anilines is 2. The number of carbonyl (C=O) groups is 3. The maximum absolute atomic E-state index is 13.5. The summed E-state index contributed by atoms with van der Waals surface area (Å²) in [6, 6.07) is 16.4. The highest BCUT2D eigenvalue weighted by Gasteiger charge is 2.32. The summed E-state index contributed by atoms with van der Waals surface area (Å²) < 4.78 is 0. The molecule has 1 N–H and O–H groups in total. The van der Waals surface area contributed by atoms with Crippen LogP contribution in [0.1, 0.15) is 48.2 Å². The van der Waals surface area contributed by atoms with Crippen molar-refractivity contribution in [1.29, 1.82) is 0 Å². The van der Waals surface area contributed by atoms with Gasteiger partial charge in [0.1, 0.15) is 6.54 Å². The molecule has 1 aromatic heterocycles. The standard InChI is InChI=1S/C26H26N4O3/c1-16-13-24(31)28-21-9-5-6-10-23(21)30(16)25(32)15-29(2)26(33)19-14-22(17-11-12-17)27-20-8-4-3-7-18(19)20/h3-10,14,16-17H,11-13,15H2,1-2H3,(H,28,31)/t16-/m1/s1. The summed E-state index contributed by atoms with van der Waals surface area (Å²) in [5, 5.41) is 3.65. The first-order valence-electron chi connectivity index (χ1n) is 11.3. The van der Waals surface area contributed by atoms with Crippen LogP contribution < -0.4 is 10.2 Å². The van der Waals surface area contributed by atoms with Crippen LogP contribution in [0, 0.1) is 0 Å². The zero-order valence-corrected chi connectivity index (χ0v) is 18.7. The topological polar surface area (TPSA) is 82.6 Å². The molecule has 1 aliphatic carbocycles. The predicted molar refractivity (Wildman–Crippen MR) is 127 cm³/mol. The molecule has 0 saturated heterocycles. The summed E-state index contributed by atoms with van der Waals surface area (Å²) >= 11 is 0. The van der Waals surface area contributed by atoms with Crippen LogP contribution in [0.4, 0.5) is 11.4 Å². The van der Waals surface area contributed by atoms with Gasteiger partial charge >= 0.3 is 0 Å². The fourth-order valence-corrected chi connectivity index (χ4v) is 4.49. The van der Waals surface area contributed by atoms with Gasteiger partial charge in [-0.05, 0) is 44.0 Å². The number of hydrogen-bond acceptors (Lipinski definition) is 4. The van der Waals surface area contributed by atoms with Crippen LogP contribution >= 0.6 is 0 Å². The van der Waals surface area contributed by atoms with E-state index in [1.165, 1.54) is 4.90 Å². The molecule has 1 saturated carbocycles. The van der Waals surface area contributed by atoms with E-state index in [9.17, 15) is 14.4 Å². The first-order chi connectivity index (χ1) is 15.9. The summed E-state index contributed by atoms with van der Waals surface area (Å²) in [7, 11) is 1.64. The third-order valence-corrected chi connectivity index (χ3v) is 6.31. The van der Waals surface area contributed by atoms with Gasteiger partial charge in [0.15, 0.2) is 0 Å². The van der Waals surface area contributed by atoms with Crippen LogP contribution in [0.2, 0.25) is 0 Å². The lowest BCUT2D eigenvalue weighted by atomic mass is 10.0. The molecule has 2 aliphatic rings. The third-order valence-electron chi connectivity index (χ3n) is 6.31. The molecule has 1 aliphatic heterocycles. The number of amides is 3. The molecule has 33 heavy (non-hydrogen) atoms. The van der Waals surface area contributed by atoms with E-state index in [0.29, 0.717) is 22.9 Å². The van der Waals surface area contributed by atoms with E-state index in [-0.39, 0.29) is 36.7 Å². The van der Waals surface area contributed by atoms with Crippen molar-refractivity contribution in [2.24, 2.45) is 0 Å². The Hall–Kier alpha value is -3.74. The highest BCUT2D eigenvalue weighted by Crippen LogP contribution is 2.40. The highest BCUT2D eigenvalue weighted by molar-refractivity contribution is 6.09. The smallest absolute Gasteiger partial charge is 0.254 e. The molecule has 5 rings (SSSR count). The number of nitrogens with zero attached hydrogens (tertiary/aromatic N) is 3. The molecular weight excluding hydrogens is 416 g/mol. The lowest BCUT2D eigenvalue weighted by Gasteiger charge is -2.30. The van der Waals surface area contributed by atoms with Gasteiger partial charge in [-0.15, -0.1) is 0 Å². The van der Waals surface area contributed by atoms with Crippen molar-refractivity contribution in [2.75, 3.05) is 23.8 Å². The number of rotatable bonds is 4. The largest absolute Gasteiger partial charge is 0.332 e. The van der Waals surface area contributed by atoms with Gasteiger partial charge in [0.05, 0.1) is 22.5 Å². The van der Waals surface area contributed by atoms with Gasteiger partial charge in [0.25, 0.3) is 5.91 Å². The molecule has 1 atom stereocenters. The third kappa shape index (κ3) is 4.06. The lowest BCUT2D eigenvalue weighted by molar-refractivity contribution is -0.119. The number of carbonyl (C=O) groups excluding carboxylic acids is 3. The molecule has 7 nitrogen and oxygen atoms in total. The van der Waals surface area contributed by atoms with E-state index in [1.807, 2.05) is 55.5 Å². The fraction of sp³-hybridized carbons (Fsp3) is 0.308. The number of likely N-dealkylation sites (N-methyl/N-ethyl adjacent to an activating group) is 1. The summed E-state index contributed by atoms with van der Waals surface area (Å²) in [5.74, 6) is -0.171. The fourth-order valence-electron chi connectivity index (χ4n) is 4.49. The van der Waals surface area contributed by atoms with Crippen molar-refractivity contribution >= 4 is 40.0 Å². The molecule has 168 valence electrons. The molecular formula is C26H26N4O3. The number of aromatic nitrogens is 1. The van der Waals surface area contributed by atoms with Crippen LogP contribution in [0.15, 0.2) is 54.6 Å². The van der Waals surface area contributed by atoms with E-state index in [2.05, 4.69) is 5.32 Å². The zero-order valence-electron chi connectivity index (χ0n) is 18.7. The second kappa shape index (κ2) is 8.31. The van der Waals surface area contributed by atoms with E-state index >= 15 is 0 Å². The van der Waals surface area contributed by atoms with Crippen LogP contribution in [0.25, 0.3) is 10.9 Å². The van der Waals surface area contributed by atoms with Crippen LogP contribution in [-0.2, 0) is 9.59 Å². The van der Waals surface area contributed by atoms with Gasteiger partial charge < -0.3 is 15.1 Å². The Labute approximate surface area is 192 Å². The van der Waals surface area contributed by atoms with Gasteiger partial charge in [-0.3, -0.25) is 19.4 Å². The molecule has 7 heteroatoms. The number of benzene rings is 2. The lowest BCUT2D eigenvalue weighted by Crippen LogP contribution is -2.45. The maximum atomic E-state index is 13.5. The molecule has 0 bridgehead atoms. The Bertz CT molecular complexity index is 1270.